The topological polar surface area (TPSA) is 97.7 Å². The lowest BCUT2D eigenvalue weighted by Gasteiger charge is -2.35. The minimum Gasteiger partial charge on any atom is -0.335 e. The van der Waals surface area contributed by atoms with Gasteiger partial charge in [-0.2, -0.15) is 0 Å². The molecule has 3 aliphatic heterocycles. The molecular weight excluding hydrogens is 337 g/mol. The van der Waals surface area contributed by atoms with E-state index in [-0.39, 0.29) is 37.5 Å². The van der Waals surface area contributed by atoms with E-state index in [1.165, 1.54) is 0 Å². The van der Waals surface area contributed by atoms with Crippen LogP contribution < -0.4 is 32.0 Å². The monoisotopic (exact) mass is 363 g/mol. The van der Waals surface area contributed by atoms with Gasteiger partial charge in [0.2, 0.25) is 5.91 Å². The summed E-state index contributed by atoms with van der Waals surface area (Å²) in [5.41, 5.74) is 10.2. The highest BCUT2D eigenvalue weighted by atomic mass is 19.1. The lowest BCUT2D eigenvalue weighted by atomic mass is 10.0. The molecule has 1 aromatic rings. The number of carbonyl (C=O) groups excluding carboxylic acids is 1. The van der Waals surface area contributed by atoms with Crippen molar-refractivity contribution in [1.29, 1.82) is 0 Å². The van der Waals surface area contributed by atoms with Crippen molar-refractivity contribution >= 4 is 11.6 Å². The van der Waals surface area contributed by atoms with Crippen molar-refractivity contribution in [2.24, 2.45) is 11.7 Å². The zero-order chi connectivity index (χ0) is 18.3. The van der Waals surface area contributed by atoms with Gasteiger partial charge in [0.25, 0.3) is 0 Å². The van der Waals surface area contributed by atoms with Crippen LogP contribution in [0.4, 0.5) is 10.1 Å². The number of amides is 1. The highest BCUT2D eigenvalue weighted by molar-refractivity contribution is 5.81. The number of nitrogens with two attached hydrogens (primary N) is 1. The van der Waals surface area contributed by atoms with Gasteiger partial charge < -0.3 is 16.0 Å². The molecule has 26 heavy (non-hydrogen) atoms. The number of halogens is 1. The van der Waals surface area contributed by atoms with Crippen LogP contribution in [0.25, 0.3) is 0 Å². The largest absolute Gasteiger partial charge is 0.335 e. The summed E-state index contributed by atoms with van der Waals surface area (Å²) in [6.07, 6.45) is -1.88. The number of alkyl halides is 1. The number of rotatable bonds is 3. The molecule has 8 nitrogen and oxygen atoms in total. The minimum atomic E-state index is -0.971. The van der Waals surface area contributed by atoms with Gasteiger partial charge in [0, 0.05) is 25.3 Å². The molecule has 6 N–H and O–H groups in total. The molecule has 6 unspecified atom stereocenters. The molecular formula is C17H26FN7O. The van der Waals surface area contributed by atoms with Crippen LogP contribution in [0.1, 0.15) is 6.92 Å². The van der Waals surface area contributed by atoms with Gasteiger partial charge >= 0.3 is 0 Å². The normalized spacial score (nSPS) is 37.6. The number of benzene rings is 1. The molecule has 0 aliphatic carbocycles. The lowest BCUT2D eigenvalue weighted by Crippen LogP contribution is -2.60. The Hall–Kier alpha value is -1.78. The molecule has 3 saturated heterocycles. The molecule has 3 heterocycles. The Kier molecular flexibility index (Phi) is 4.80. The first-order chi connectivity index (χ1) is 12.5. The first-order valence-electron chi connectivity index (χ1n) is 9.07. The first-order valence-corrected chi connectivity index (χ1v) is 9.07. The van der Waals surface area contributed by atoms with Gasteiger partial charge in [-0.05, 0) is 19.1 Å². The first kappa shape index (κ1) is 17.6. The van der Waals surface area contributed by atoms with Crippen LogP contribution in [0.5, 0.6) is 0 Å². The standard InChI is InChI=1S/C17H26FN7O/c1-10-20-8-13(25(10)12-5-3-2-4-6-12)22-17(26)14-15(19)23-24-9-11(18)7-21-16(14)24/h2-6,10-11,13-16,20-21,23H,7-9,19H2,1H3,(H,22,26). The van der Waals surface area contributed by atoms with E-state index in [0.29, 0.717) is 6.54 Å². The van der Waals surface area contributed by atoms with Crippen molar-refractivity contribution in [2.75, 3.05) is 24.5 Å². The van der Waals surface area contributed by atoms with Crippen molar-refractivity contribution in [2.45, 2.75) is 37.8 Å². The van der Waals surface area contributed by atoms with E-state index in [1.54, 1.807) is 5.01 Å². The maximum Gasteiger partial charge on any atom is 0.230 e. The number of nitrogens with zero attached hydrogens (tertiary/aromatic N) is 2. The molecule has 3 aliphatic rings. The maximum absolute atomic E-state index is 13.6. The summed E-state index contributed by atoms with van der Waals surface area (Å²) in [6, 6.07) is 9.98. The van der Waals surface area contributed by atoms with Crippen LogP contribution in [0, 0.1) is 5.92 Å². The summed E-state index contributed by atoms with van der Waals surface area (Å²) in [5, 5.41) is 11.3. The molecule has 9 heteroatoms. The number of carbonyl (C=O) groups is 1. The highest BCUT2D eigenvalue weighted by Crippen LogP contribution is 2.24. The van der Waals surface area contributed by atoms with Crippen LogP contribution in [0.15, 0.2) is 30.3 Å². The Morgan fingerprint density at radius 1 is 1.27 bits per heavy atom. The fraction of sp³-hybridized carbons (Fsp3) is 0.588. The number of fused-ring (bicyclic) bond motifs is 1. The van der Waals surface area contributed by atoms with Gasteiger partial charge in [0.15, 0.2) is 0 Å². The Balaban J connectivity index is 1.47. The molecule has 1 amide bonds. The third-order valence-corrected chi connectivity index (χ3v) is 5.35. The second kappa shape index (κ2) is 7.09. The number of nitrogens with one attached hydrogen (secondary N) is 4. The average molecular weight is 363 g/mol. The second-order valence-electron chi connectivity index (χ2n) is 7.13. The molecule has 6 atom stereocenters. The van der Waals surface area contributed by atoms with E-state index in [2.05, 4.69) is 33.2 Å². The predicted molar refractivity (Wildman–Crippen MR) is 96.3 cm³/mol. The molecule has 4 rings (SSSR count). The second-order valence-corrected chi connectivity index (χ2v) is 7.13. The molecule has 0 aromatic heterocycles. The zero-order valence-electron chi connectivity index (χ0n) is 14.7. The fourth-order valence-corrected chi connectivity index (χ4v) is 4.11. The average Bonchev–Trinajstić information content (AvgIpc) is 3.14. The van der Waals surface area contributed by atoms with Gasteiger partial charge in [0.05, 0.1) is 24.4 Å². The van der Waals surface area contributed by atoms with Crippen molar-refractivity contribution in [3.8, 4) is 0 Å². The van der Waals surface area contributed by atoms with Crippen LogP contribution in [0.2, 0.25) is 0 Å². The molecule has 3 fully saturated rings. The number of anilines is 1. The highest BCUT2D eigenvalue weighted by Gasteiger charge is 2.47. The third-order valence-electron chi connectivity index (χ3n) is 5.35. The molecule has 1 aromatic carbocycles. The van der Waals surface area contributed by atoms with Crippen molar-refractivity contribution in [3.63, 3.8) is 0 Å². The Labute approximate surface area is 152 Å². The molecule has 0 spiro atoms. The van der Waals surface area contributed by atoms with E-state index in [0.717, 1.165) is 5.69 Å². The van der Waals surface area contributed by atoms with E-state index in [9.17, 15) is 9.18 Å². The van der Waals surface area contributed by atoms with Gasteiger partial charge in [-0.15, -0.1) is 0 Å². The van der Waals surface area contributed by atoms with Crippen molar-refractivity contribution in [1.82, 2.24) is 26.4 Å². The van der Waals surface area contributed by atoms with Crippen molar-refractivity contribution < 1.29 is 9.18 Å². The van der Waals surface area contributed by atoms with Crippen LogP contribution >= 0.6 is 0 Å². The number of hydrazine groups is 1. The van der Waals surface area contributed by atoms with Crippen LogP contribution in [-0.4, -0.2) is 61.4 Å². The third kappa shape index (κ3) is 3.17. The van der Waals surface area contributed by atoms with Gasteiger partial charge in [0.1, 0.15) is 12.3 Å². The number of para-hydroxylation sites is 1. The molecule has 0 bridgehead atoms. The fourth-order valence-electron chi connectivity index (χ4n) is 4.11. The Morgan fingerprint density at radius 2 is 2.04 bits per heavy atom. The smallest absolute Gasteiger partial charge is 0.230 e. The summed E-state index contributed by atoms with van der Waals surface area (Å²) in [7, 11) is 0. The van der Waals surface area contributed by atoms with Gasteiger partial charge in [-0.25, -0.2) is 14.8 Å². The summed E-state index contributed by atoms with van der Waals surface area (Å²) >= 11 is 0. The molecule has 0 radical (unpaired) electrons. The van der Waals surface area contributed by atoms with Crippen LogP contribution in [-0.2, 0) is 4.79 Å². The predicted octanol–water partition coefficient (Wildman–Crippen LogP) is -1.13. The molecule has 142 valence electrons. The van der Waals surface area contributed by atoms with E-state index in [4.69, 9.17) is 5.73 Å². The summed E-state index contributed by atoms with van der Waals surface area (Å²) < 4.78 is 13.6. The number of hydrogen-bond donors (Lipinski definition) is 5. The van der Waals surface area contributed by atoms with E-state index >= 15 is 0 Å². The molecule has 0 saturated carbocycles. The summed E-state index contributed by atoms with van der Waals surface area (Å²) in [5.74, 6) is -0.625. The Morgan fingerprint density at radius 3 is 2.81 bits per heavy atom. The zero-order valence-corrected chi connectivity index (χ0v) is 14.7. The van der Waals surface area contributed by atoms with E-state index < -0.39 is 18.3 Å². The quantitative estimate of drug-likeness (QED) is 0.464. The summed E-state index contributed by atoms with van der Waals surface area (Å²) in [4.78, 5) is 15.1. The minimum absolute atomic E-state index is 0.106. The maximum atomic E-state index is 13.6. The lowest BCUT2D eigenvalue weighted by molar-refractivity contribution is -0.127. The van der Waals surface area contributed by atoms with Gasteiger partial charge in [-0.1, -0.05) is 18.2 Å². The Bertz CT molecular complexity index is 647. The van der Waals surface area contributed by atoms with Crippen LogP contribution in [0.3, 0.4) is 0 Å². The number of hydrogen-bond acceptors (Lipinski definition) is 7. The SMILES string of the molecule is CC1NCC(NC(=O)C2C(N)NN3CC(F)CNC23)N1c1ccccc1. The van der Waals surface area contributed by atoms with Crippen molar-refractivity contribution in [3.05, 3.63) is 30.3 Å². The summed E-state index contributed by atoms with van der Waals surface area (Å²) in [6.45, 7) is 3.17. The van der Waals surface area contributed by atoms with E-state index in [1.807, 2.05) is 30.3 Å². The van der Waals surface area contributed by atoms with Gasteiger partial charge in [-0.3, -0.25) is 15.4 Å².